The van der Waals surface area contributed by atoms with Gasteiger partial charge in [-0.2, -0.15) is 0 Å². The Kier molecular flexibility index (Phi) is 2.19. The van der Waals surface area contributed by atoms with E-state index < -0.39 is 11.6 Å². The molecule has 0 saturated carbocycles. The highest BCUT2D eigenvalue weighted by atomic mass is 19.1. The topological polar surface area (TPSA) is 5.90 Å². The van der Waals surface area contributed by atoms with Crippen LogP contribution in [0.3, 0.4) is 0 Å². The van der Waals surface area contributed by atoms with Gasteiger partial charge in [0.2, 0.25) is 0 Å². The van der Waals surface area contributed by atoms with Gasteiger partial charge in [0.05, 0.1) is 0 Å². The fourth-order valence-corrected chi connectivity index (χ4v) is 0.797. The molecule has 0 heterocycles. The maximum atomic E-state index is 12.5. The van der Waals surface area contributed by atoms with E-state index in [0.717, 1.165) is 6.07 Å². The maximum Gasteiger partial charge on any atom is 0.186 e. The zero-order chi connectivity index (χ0) is 8.43. The second-order valence-corrected chi connectivity index (χ2v) is 2.52. The van der Waals surface area contributed by atoms with Gasteiger partial charge in [0, 0.05) is 18.2 Å². The smallest absolute Gasteiger partial charge is 0.186 e. The van der Waals surface area contributed by atoms with Crippen molar-refractivity contribution in [2.24, 2.45) is 0 Å². The lowest BCUT2D eigenvalue weighted by atomic mass is 10.3. The summed E-state index contributed by atoms with van der Waals surface area (Å²) in [5, 5.41) is 0. The van der Waals surface area contributed by atoms with Crippen LogP contribution in [0.1, 0.15) is 0 Å². The molecule has 1 nitrogen and oxygen atoms in total. The van der Waals surface area contributed by atoms with Crippen molar-refractivity contribution in [1.82, 2.24) is 4.90 Å². The van der Waals surface area contributed by atoms with Crippen LogP contribution in [0.2, 0.25) is 0 Å². The minimum Gasteiger partial charge on any atom is -0.207 e. The Labute approximate surface area is 64.3 Å². The van der Waals surface area contributed by atoms with Gasteiger partial charge in [-0.05, 0) is 0 Å². The molecule has 0 unspecified atom stereocenters. The van der Waals surface area contributed by atoms with Gasteiger partial charge in [-0.15, -0.1) is 4.90 Å². The van der Waals surface area contributed by atoms with E-state index in [2.05, 4.69) is 0 Å². The molecule has 11 heavy (non-hydrogen) atoms. The second-order valence-electron chi connectivity index (χ2n) is 2.52. The number of rotatable bonds is 1. The monoisotopic (exact) mass is 157 g/mol. The van der Waals surface area contributed by atoms with Crippen LogP contribution < -0.4 is 4.90 Å². The first kappa shape index (κ1) is 8.14. The number of nitrogens with zero attached hydrogens (tertiary/aromatic N) is 1. The Balaban J connectivity index is 3.08. The van der Waals surface area contributed by atoms with Gasteiger partial charge in [0.25, 0.3) is 0 Å². The van der Waals surface area contributed by atoms with Crippen molar-refractivity contribution in [3.8, 4) is 0 Å². The lowest BCUT2D eigenvalue weighted by molar-refractivity contribution is 0.577. The maximum absolute atomic E-state index is 12.5. The average molecular weight is 157 g/mol. The zero-order valence-corrected chi connectivity index (χ0v) is 6.44. The summed E-state index contributed by atoms with van der Waals surface area (Å²) < 4.78 is 25.0. The molecular formula is C8H9F2N+. The first-order valence-corrected chi connectivity index (χ1v) is 3.23. The van der Waals surface area contributed by atoms with Gasteiger partial charge >= 0.3 is 0 Å². The predicted octanol–water partition coefficient (Wildman–Crippen LogP) is 2.00. The third kappa shape index (κ3) is 1.98. The molecule has 0 aromatic heterocycles. The lowest BCUT2D eigenvalue weighted by Crippen LogP contribution is -2.10. The Morgan fingerprint density at radius 2 is 1.45 bits per heavy atom. The molecule has 0 bridgehead atoms. The van der Waals surface area contributed by atoms with Gasteiger partial charge < -0.3 is 0 Å². The summed E-state index contributed by atoms with van der Waals surface area (Å²) in [5.41, 5.74) is 0.530. The van der Waals surface area contributed by atoms with E-state index in [0.29, 0.717) is 5.69 Å². The quantitative estimate of drug-likeness (QED) is 0.550. The van der Waals surface area contributed by atoms with Crippen molar-refractivity contribution in [1.29, 1.82) is 0 Å². The Morgan fingerprint density at radius 3 is 1.82 bits per heavy atom. The Hall–Kier alpha value is -0.960. The molecule has 0 spiro atoms. The molecule has 0 fully saturated rings. The van der Waals surface area contributed by atoms with Crippen molar-refractivity contribution in [2.45, 2.75) is 0 Å². The molecule has 1 aromatic rings. The van der Waals surface area contributed by atoms with Crippen LogP contribution in [0.5, 0.6) is 0 Å². The lowest BCUT2D eigenvalue weighted by Gasteiger charge is -1.98. The number of hydrogen-bond acceptors (Lipinski definition) is 1. The van der Waals surface area contributed by atoms with Crippen LogP contribution in [0.4, 0.5) is 14.5 Å². The molecule has 0 aliphatic heterocycles. The van der Waals surface area contributed by atoms with E-state index in [1.807, 2.05) is 0 Å². The van der Waals surface area contributed by atoms with Crippen molar-refractivity contribution in [2.75, 3.05) is 14.1 Å². The predicted molar refractivity (Wildman–Crippen MR) is 40.0 cm³/mol. The van der Waals surface area contributed by atoms with E-state index >= 15 is 0 Å². The SMILES string of the molecule is C[N+](C)c1cc(F)cc(F)c1. The normalized spacial score (nSPS) is 10.6. The fourth-order valence-electron chi connectivity index (χ4n) is 0.797. The third-order valence-electron chi connectivity index (χ3n) is 1.36. The highest BCUT2D eigenvalue weighted by Crippen LogP contribution is 2.14. The summed E-state index contributed by atoms with van der Waals surface area (Å²) in [4.78, 5) is 1.64. The largest absolute Gasteiger partial charge is 0.207 e. The van der Waals surface area contributed by atoms with Crippen LogP contribution in [-0.4, -0.2) is 14.1 Å². The minimum atomic E-state index is -0.548. The van der Waals surface area contributed by atoms with E-state index in [-0.39, 0.29) is 0 Å². The summed E-state index contributed by atoms with van der Waals surface area (Å²) >= 11 is 0. The summed E-state index contributed by atoms with van der Waals surface area (Å²) in [6, 6.07) is 3.42. The molecule has 1 radical (unpaired) electrons. The van der Waals surface area contributed by atoms with E-state index in [4.69, 9.17) is 0 Å². The summed E-state index contributed by atoms with van der Waals surface area (Å²) in [6.45, 7) is 0. The Morgan fingerprint density at radius 1 is 1.00 bits per heavy atom. The van der Waals surface area contributed by atoms with Gasteiger partial charge in [0.1, 0.15) is 25.7 Å². The van der Waals surface area contributed by atoms with Crippen molar-refractivity contribution in [3.05, 3.63) is 29.8 Å². The molecule has 0 N–H and O–H groups in total. The number of halogens is 2. The standard InChI is InChI=1S/C8H9F2N/c1-11(2)8-4-6(9)3-7(10)5-8/h3-5H,1-2H3/q+1. The number of hydrogen-bond donors (Lipinski definition) is 0. The summed E-state index contributed by atoms with van der Waals surface area (Å²) in [6.07, 6.45) is 0. The highest BCUT2D eigenvalue weighted by molar-refractivity contribution is 5.38. The second kappa shape index (κ2) is 2.96. The van der Waals surface area contributed by atoms with E-state index in [9.17, 15) is 8.78 Å². The first-order valence-electron chi connectivity index (χ1n) is 3.23. The van der Waals surface area contributed by atoms with Gasteiger partial charge in [-0.1, -0.05) is 0 Å². The molecule has 3 heteroatoms. The van der Waals surface area contributed by atoms with Crippen LogP contribution >= 0.6 is 0 Å². The van der Waals surface area contributed by atoms with Gasteiger partial charge in [-0.3, -0.25) is 0 Å². The molecule has 59 valence electrons. The molecule has 0 amide bonds. The molecule has 1 rings (SSSR count). The number of anilines is 1. The zero-order valence-electron chi connectivity index (χ0n) is 6.44. The van der Waals surface area contributed by atoms with Crippen LogP contribution in [-0.2, 0) is 0 Å². The van der Waals surface area contributed by atoms with Crippen molar-refractivity contribution >= 4 is 5.69 Å². The first-order chi connectivity index (χ1) is 5.09. The Bertz CT molecular complexity index is 238. The molecule has 0 aliphatic rings. The highest BCUT2D eigenvalue weighted by Gasteiger charge is 2.08. The summed E-state index contributed by atoms with van der Waals surface area (Å²) in [7, 11) is 3.46. The fraction of sp³-hybridized carbons (Fsp3) is 0.250. The van der Waals surface area contributed by atoms with Crippen LogP contribution in [0.25, 0.3) is 0 Å². The molecular weight excluding hydrogens is 148 g/mol. The molecule has 0 aliphatic carbocycles. The van der Waals surface area contributed by atoms with E-state index in [1.165, 1.54) is 12.1 Å². The van der Waals surface area contributed by atoms with Crippen LogP contribution in [0, 0.1) is 11.6 Å². The van der Waals surface area contributed by atoms with Gasteiger partial charge in [-0.25, -0.2) is 8.78 Å². The van der Waals surface area contributed by atoms with Crippen molar-refractivity contribution in [3.63, 3.8) is 0 Å². The van der Waals surface area contributed by atoms with E-state index in [1.54, 1.807) is 19.0 Å². The summed E-state index contributed by atoms with van der Waals surface area (Å²) in [5.74, 6) is -1.10. The molecule has 1 aromatic carbocycles. The van der Waals surface area contributed by atoms with Gasteiger partial charge in [0.15, 0.2) is 5.69 Å². The molecule has 0 saturated heterocycles. The number of benzene rings is 1. The van der Waals surface area contributed by atoms with Crippen LogP contribution in [0.15, 0.2) is 18.2 Å². The molecule has 0 atom stereocenters. The minimum absolute atomic E-state index is 0.530. The average Bonchev–Trinajstić information content (AvgIpc) is 1.85. The third-order valence-corrected chi connectivity index (χ3v) is 1.36. The van der Waals surface area contributed by atoms with Crippen molar-refractivity contribution < 1.29 is 8.78 Å².